The van der Waals surface area contributed by atoms with Crippen LogP contribution in [0.25, 0.3) is 10.9 Å². The first kappa shape index (κ1) is 11.6. The van der Waals surface area contributed by atoms with Crippen molar-refractivity contribution in [3.05, 3.63) is 24.3 Å². The van der Waals surface area contributed by atoms with Crippen molar-refractivity contribution in [3.63, 3.8) is 0 Å². The molecular formula is C12H16N4O. The number of benzene rings is 1. The number of hydrogen-bond acceptors (Lipinski definition) is 5. The fourth-order valence-electron chi connectivity index (χ4n) is 1.61. The van der Waals surface area contributed by atoms with Gasteiger partial charge in [0.1, 0.15) is 5.82 Å². The van der Waals surface area contributed by atoms with Gasteiger partial charge in [-0.3, -0.25) is 0 Å². The van der Waals surface area contributed by atoms with Gasteiger partial charge in [0.15, 0.2) is 0 Å². The highest BCUT2D eigenvalue weighted by molar-refractivity contribution is 5.89. The van der Waals surface area contributed by atoms with Crippen LogP contribution in [-0.4, -0.2) is 35.3 Å². The minimum absolute atomic E-state index is 0.175. The molecule has 1 heterocycles. The van der Waals surface area contributed by atoms with E-state index in [1.54, 1.807) is 7.05 Å². The third-order valence-corrected chi connectivity index (χ3v) is 2.45. The van der Waals surface area contributed by atoms with E-state index in [4.69, 9.17) is 5.11 Å². The van der Waals surface area contributed by atoms with Crippen LogP contribution in [0.2, 0.25) is 0 Å². The van der Waals surface area contributed by atoms with Crippen molar-refractivity contribution in [1.29, 1.82) is 0 Å². The standard InChI is InChI=1S/C12H16N4O/c1-13-12-15-10-6-3-2-5-9(10)11(16-12)14-7-4-8-17/h2-3,5-6,17H,4,7-8H2,1H3,(H2,13,14,15,16). The molecule has 0 aliphatic heterocycles. The highest BCUT2D eigenvalue weighted by Gasteiger charge is 2.05. The number of aliphatic hydroxyl groups is 1. The molecule has 0 radical (unpaired) electrons. The molecule has 0 bridgehead atoms. The summed E-state index contributed by atoms with van der Waals surface area (Å²) in [5.74, 6) is 1.39. The molecule has 1 aromatic heterocycles. The van der Waals surface area contributed by atoms with Crippen LogP contribution in [0.5, 0.6) is 0 Å². The summed E-state index contributed by atoms with van der Waals surface area (Å²) in [5.41, 5.74) is 0.901. The van der Waals surface area contributed by atoms with Crippen molar-refractivity contribution >= 4 is 22.7 Å². The quantitative estimate of drug-likeness (QED) is 0.681. The van der Waals surface area contributed by atoms with E-state index in [0.717, 1.165) is 16.7 Å². The highest BCUT2D eigenvalue weighted by Crippen LogP contribution is 2.21. The Labute approximate surface area is 99.9 Å². The zero-order valence-corrected chi connectivity index (χ0v) is 9.77. The maximum atomic E-state index is 8.77. The molecule has 0 aliphatic rings. The van der Waals surface area contributed by atoms with Gasteiger partial charge in [-0.05, 0) is 18.6 Å². The van der Waals surface area contributed by atoms with Crippen molar-refractivity contribution in [2.24, 2.45) is 0 Å². The van der Waals surface area contributed by atoms with E-state index < -0.39 is 0 Å². The Hall–Kier alpha value is -1.88. The highest BCUT2D eigenvalue weighted by atomic mass is 16.3. The predicted octanol–water partition coefficient (Wildman–Crippen LogP) is 1.47. The first-order valence-corrected chi connectivity index (χ1v) is 5.64. The Morgan fingerprint density at radius 3 is 2.82 bits per heavy atom. The Morgan fingerprint density at radius 2 is 2.06 bits per heavy atom. The topological polar surface area (TPSA) is 70.1 Å². The number of fused-ring (bicyclic) bond motifs is 1. The van der Waals surface area contributed by atoms with Crippen LogP contribution >= 0.6 is 0 Å². The third kappa shape index (κ3) is 2.62. The zero-order chi connectivity index (χ0) is 12.1. The fourth-order valence-corrected chi connectivity index (χ4v) is 1.61. The first-order valence-electron chi connectivity index (χ1n) is 5.64. The second-order valence-electron chi connectivity index (χ2n) is 3.67. The lowest BCUT2D eigenvalue weighted by atomic mass is 10.2. The minimum Gasteiger partial charge on any atom is -0.396 e. The van der Waals surface area contributed by atoms with Crippen LogP contribution in [0, 0.1) is 0 Å². The average Bonchev–Trinajstić information content (AvgIpc) is 2.38. The fraction of sp³-hybridized carbons (Fsp3) is 0.333. The predicted molar refractivity (Wildman–Crippen MR) is 69.3 cm³/mol. The van der Waals surface area contributed by atoms with Gasteiger partial charge in [0.2, 0.25) is 5.95 Å². The molecule has 5 nitrogen and oxygen atoms in total. The molecule has 90 valence electrons. The van der Waals surface area contributed by atoms with Gasteiger partial charge in [0, 0.05) is 25.6 Å². The van der Waals surface area contributed by atoms with Crippen molar-refractivity contribution in [1.82, 2.24) is 9.97 Å². The summed E-state index contributed by atoms with van der Waals surface area (Å²) >= 11 is 0. The van der Waals surface area contributed by atoms with E-state index in [0.29, 0.717) is 18.9 Å². The molecule has 2 aromatic rings. The van der Waals surface area contributed by atoms with E-state index in [1.165, 1.54) is 0 Å². The molecule has 1 aromatic carbocycles. The Morgan fingerprint density at radius 1 is 1.24 bits per heavy atom. The molecule has 0 atom stereocenters. The molecule has 17 heavy (non-hydrogen) atoms. The first-order chi connectivity index (χ1) is 8.35. The van der Waals surface area contributed by atoms with Gasteiger partial charge >= 0.3 is 0 Å². The zero-order valence-electron chi connectivity index (χ0n) is 9.77. The molecule has 0 fully saturated rings. The molecule has 2 rings (SSSR count). The second-order valence-corrected chi connectivity index (χ2v) is 3.67. The van der Waals surface area contributed by atoms with Crippen LogP contribution in [0.1, 0.15) is 6.42 Å². The summed E-state index contributed by atoms with van der Waals surface area (Å²) in [4.78, 5) is 8.75. The SMILES string of the molecule is CNc1nc(NCCCO)c2ccccc2n1. The van der Waals surface area contributed by atoms with E-state index in [9.17, 15) is 0 Å². The monoisotopic (exact) mass is 232 g/mol. The van der Waals surface area contributed by atoms with Crippen molar-refractivity contribution in [2.75, 3.05) is 30.8 Å². The molecule has 0 unspecified atom stereocenters. The van der Waals surface area contributed by atoms with Gasteiger partial charge in [0.25, 0.3) is 0 Å². The van der Waals surface area contributed by atoms with Crippen LogP contribution in [0.15, 0.2) is 24.3 Å². The molecule has 0 amide bonds. The summed E-state index contributed by atoms with van der Waals surface area (Å²) in [6.07, 6.45) is 0.702. The van der Waals surface area contributed by atoms with Gasteiger partial charge in [-0.1, -0.05) is 12.1 Å². The summed E-state index contributed by atoms with van der Waals surface area (Å²) in [5, 5.41) is 15.9. The summed E-state index contributed by atoms with van der Waals surface area (Å²) < 4.78 is 0. The number of aliphatic hydroxyl groups excluding tert-OH is 1. The van der Waals surface area contributed by atoms with Crippen LogP contribution < -0.4 is 10.6 Å². The number of anilines is 2. The molecular weight excluding hydrogens is 216 g/mol. The van der Waals surface area contributed by atoms with Gasteiger partial charge < -0.3 is 15.7 Å². The van der Waals surface area contributed by atoms with Crippen LogP contribution in [-0.2, 0) is 0 Å². The van der Waals surface area contributed by atoms with Gasteiger partial charge in [-0.15, -0.1) is 0 Å². The van der Waals surface area contributed by atoms with E-state index in [-0.39, 0.29) is 6.61 Å². The molecule has 0 saturated heterocycles. The molecule has 0 aliphatic carbocycles. The lowest BCUT2D eigenvalue weighted by Gasteiger charge is -2.09. The summed E-state index contributed by atoms with van der Waals surface area (Å²) in [7, 11) is 1.79. The van der Waals surface area contributed by atoms with Crippen molar-refractivity contribution in [3.8, 4) is 0 Å². The summed E-state index contributed by atoms with van der Waals surface area (Å²) in [6.45, 7) is 0.871. The maximum Gasteiger partial charge on any atom is 0.224 e. The van der Waals surface area contributed by atoms with E-state index in [2.05, 4.69) is 20.6 Å². The van der Waals surface area contributed by atoms with Gasteiger partial charge in [-0.25, -0.2) is 4.98 Å². The number of hydrogen-bond donors (Lipinski definition) is 3. The second kappa shape index (κ2) is 5.45. The number of rotatable bonds is 5. The number of nitrogens with zero attached hydrogens (tertiary/aromatic N) is 2. The largest absolute Gasteiger partial charge is 0.396 e. The smallest absolute Gasteiger partial charge is 0.224 e. The lowest BCUT2D eigenvalue weighted by Crippen LogP contribution is -2.07. The minimum atomic E-state index is 0.175. The van der Waals surface area contributed by atoms with E-state index >= 15 is 0 Å². The third-order valence-electron chi connectivity index (χ3n) is 2.45. The van der Waals surface area contributed by atoms with Crippen LogP contribution in [0.4, 0.5) is 11.8 Å². The van der Waals surface area contributed by atoms with Crippen LogP contribution in [0.3, 0.4) is 0 Å². The normalized spacial score (nSPS) is 10.5. The lowest BCUT2D eigenvalue weighted by molar-refractivity contribution is 0.292. The molecule has 5 heteroatoms. The van der Waals surface area contributed by atoms with E-state index in [1.807, 2.05) is 24.3 Å². The van der Waals surface area contributed by atoms with Crippen molar-refractivity contribution in [2.45, 2.75) is 6.42 Å². The Bertz CT molecular complexity index is 501. The number of aromatic nitrogens is 2. The summed E-state index contributed by atoms with van der Waals surface area (Å²) in [6, 6.07) is 7.85. The molecule has 0 spiro atoms. The molecule has 3 N–H and O–H groups in total. The van der Waals surface area contributed by atoms with Gasteiger partial charge in [0.05, 0.1) is 5.52 Å². The maximum absolute atomic E-state index is 8.77. The Kier molecular flexibility index (Phi) is 3.72. The molecule has 0 saturated carbocycles. The average molecular weight is 232 g/mol. The number of nitrogens with one attached hydrogen (secondary N) is 2. The Balaban J connectivity index is 2.36. The van der Waals surface area contributed by atoms with Crippen molar-refractivity contribution < 1.29 is 5.11 Å². The van der Waals surface area contributed by atoms with Gasteiger partial charge in [-0.2, -0.15) is 4.98 Å². The number of para-hydroxylation sites is 1.